The van der Waals surface area contributed by atoms with Crippen LogP contribution in [0.4, 0.5) is 5.69 Å². The molecule has 4 rings (SSSR count). The monoisotopic (exact) mass is 483 g/mol. The van der Waals surface area contributed by atoms with Crippen LogP contribution in [0.25, 0.3) is 0 Å². The van der Waals surface area contributed by atoms with E-state index in [0.29, 0.717) is 34.8 Å². The van der Waals surface area contributed by atoms with Crippen molar-refractivity contribution in [3.63, 3.8) is 0 Å². The first-order valence-corrected chi connectivity index (χ1v) is 10.7. The Hall–Kier alpha value is -2.47. The Morgan fingerprint density at radius 3 is 2.43 bits per heavy atom. The maximum atomic E-state index is 13.3. The molecule has 0 aliphatic carbocycles. The average Bonchev–Trinajstić information content (AvgIpc) is 2.94. The lowest BCUT2D eigenvalue weighted by Gasteiger charge is -2.23. The average molecular weight is 485 g/mol. The van der Waals surface area contributed by atoms with Crippen molar-refractivity contribution in [3.05, 3.63) is 99.0 Å². The number of Topliss-reactive ketones (excluding diaryl/α,β-unsaturated/α-hetero) is 1. The molecule has 1 unspecified atom stereocenters. The Kier molecular flexibility index (Phi) is 5.78. The molecule has 1 N–H and O–H groups in total. The van der Waals surface area contributed by atoms with Crippen molar-refractivity contribution >= 4 is 44.9 Å². The third-order valence-corrected chi connectivity index (χ3v) is 6.09. The van der Waals surface area contributed by atoms with Crippen LogP contribution in [0.3, 0.4) is 0 Å². The molecule has 0 saturated carbocycles. The van der Waals surface area contributed by atoms with Gasteiger partial charge in [0.1, 0.15) is 0 Å². The summed E-state index contributed by atoms with van der Waals surface area (Å²) in [4.78, 5) is 27.8. The minimum absolute atomic E-state index is 0.321. The Morgan fingerprint density at radius 1 is 1.03 bits per heavy atom. The zero-order chi connectivity index (χ0) is 21.3. The van der Waals surface area contributed by atoms with E-state index in [4.69, 9.17) is 11.6 Å². The number of carbonyl (C=O) groups excluding carboxylic acids is 2. The third-order valence-electron chi connectivity index (χ3n) is 5.34. The first-order chi connectivity index (χ1) is 14.4. The fourth-order valence-electron chi connectivity index (χ4n) is 3.77. The maximum absolute atomic E-state index is 13.3. The van der Waals surface area contributed by atoms with E-state index < -0.39 is 11.5 Å². The highest BCUT2D eigenvalue weighted by molar-refractivity contribution is 9.10. The summed E-state index contributed by atoms with van der Waals surface area (Å²) in [6.07, 6.45) is 0.308. The summed E-state index contributed by atoms with van der Waals surface area (Å²) >= 11 is 9.31. The molecule has 0 aromatic heterocycles. The summed E-state index contributed by atoms with van der Waals surface area (Å²) in [5, 5.41) is 11.9. The van der Waals surface area contributed by atoms with E-state index in [1.165, 1.54) is 0 Å². The summed E-state index contributed by atoms with van der Waals surface area (Å²) in [5.41, 5.74) is 0.659. The van der Waals surface area contributed by atoms with Crippen LogP contribution in [-0.2, 0) is 16.8 Å². The molecule has 0 bridgehead atoms. The van der Waals surface area contributed by atoms with E-state index >= 15 is 0 Å². The van der Waals surface area contributed by atoms with E-state index in [1.807, 2.05) is 36.4 Å². The molecule has 0 saturated heterocycles. The van der Waals surface area contributed by atoms with Crippen LogP contribution in [0.5, 0.6) is 0 Å². The molecule has 1 heterocycles. The van der Waals surface area contributed by atoms with E-state index in [0.717, 1.165) is 10.0 Å². The summed E-state index contributed by atoms with van der Waals surface area (Å²) in [7, 11) is 0. The molecule has 4 nitrogen and oxygen atoms in total. The molecule has 0 spiro atoms. The Labute approximate surface area is 188 Å². The van der Waals surface area contributed by atoms with Gasteiger partial charge in [-0.25, -0.2) is 0 Å². The molecule has 1 aliphatic rings. The highest BCUT2D eigenvalue weighted by Crippen LogP contribution is 2.44. The fraction of sp³-hybridized carbons (Fsp3) is 0.167. The second kappa shape index (κ2) is 8.34. The van der Waals surface area contributed by atoms with E-state index in [1.54, 1.807) is 41.3 Å². The van der Waals surface area contributed by atoms with Crippen LogP contribution in [0.15, 0.2) is 77.3 Å². The Bertz CT molecular complexity index is 1100. The van der Waals surface area contributed by atoms with Gasteiger partial charge in [-0.05, 0) is 54.4 Å². The van der Waals surface area contributed by atoms with Crippen molar-refractivity contribution in [2.24, 2.45) is 0 Å². The molecule has 3 aromatic rings. The lowest BCUT2D eigenvalue weighted by Crippen LogP contribution is -2.42. The highest BCUT2D eigenvalue weighted by Gasteiger charge is 2.50. The van der Waals surface area contributed by atoms with Crippen molar-refractivity contribution in [2.75, 3.05) is 11.4 Å². The lowest BCUT2D eigenvalue weighted by atomic mass is 9.88. The van der Waals surface area contributed by atoms with Gasteiger partial charge in [0.2, 0.25) is 0 Å². The fourth-order valence-corrected chi connectivity index (χ4v) is 4.26. The second-order valence-electron chi connectivity index (χ2n) is 7.32. The molecule has 152 valence electrons. The molecule has 6 heteroatoms. The van der Waals surface area contributed by atoms with Crippen molar-refractivity contribution in [2.45, 2.75) is 18.4 Å². The quantitative estimate of drug-likeness (QED) is 0.492. The van der Waals surface area contributed by atoms with Crippen molar-refractivity contribution < 1.29 is 14.7 Å². The van der Waals surface area contributed by atoms with Gasteiger partial charge in [-0.15, -0.1) is 0 Å². The predicted octanol–water partition coefficient (Wildman–Crippen LogP) is 5.15. The van der Waals surface area contributed by atoms with Crippen LogP contribution in [-0.4, -0.2) is 23.3 Å². The normalized spacial score (nSPS) is 17.8. The van der Waals surface area contributed by atoms with Crippen LogP contribution in [0, 0.1) is 0 Å². The van der Waals surface area contributed by atoms with Crippen molar-refractivity contribution in [1.82, 2.24) is 0 Å². The van der Waals surface area contributed by atoms with Gasteiger partial charge in [-0.3, -0.25) is 9.59 Å². The number of amides is 1. The van der Waals surface area contributed by atoms with Crippen molar-refractivity contribution in [1.29, 1.82) is 0 Å². The van der Waals surface area contributed by atoms with Crippen LogP contribution in [0.2, 0.25) is 5.02 Å². The maximum Gasteiger partial charge on any atom is 0.264 e. The summed E-state index contributed by atoms with van der Waals surface area (Å²) in [6.45, 7) is 0.412. The number of halogens is 2. The van der Waals surface area contributed by atoms with E-state index in [2.05, 4.69) is 15.9 Å². The number of hydrogen-bond donors (Lipinski definition) is 1. The second-order valence-corrected chi connectivity index (χ2v) is 8.67. The largest absolute Gasteiger partial charge is 0.375 e. The minimum Gasteiger partial charge on any atom is -0.375 e. The molecular weight excluding hydrogens is 466 g/mol. The van der Waals surface area contributed by atoms with Gasteiger partial charge in [-0.2, -0.15) is 0 Å². The SMILES string of the molecule is O=C(CC1(O)C(=O)N(CCc2ccccc2)c2ccc(Br)cc21)c1ccc(Cl)cc1. The molecule has 1 amide bonds. The number of carbonyl (C=O) groups is 2. The molecule has 30 heavy (non-hydrogen) atoms. The van der Waals surface area contributed by atoms with Gasteiger partial charge in [0.25, 0.3) is 5.91 Å². The number of rotatable bonds is 6. The van der Waals surface area contributed by atoms with Gasteiger partial charge in [-0.1, -0.05) is 57.9 Å². The van der Waals surface area contributed by atoms with Crippen LogP contribution in [0.1, 0.15) is 27.9 Å². The summed E-state index contributed by atoms with van der Waals surface area (Å²) < 4.78 is 0.733. The molecule has 0 radical (unpaired) electrons. The zero-order valence-electron chi connectivity index (χ0n) is 16.0. The molecular formula is C24H19BrClNO3. The smallest absolute Gasteiger partial charge is 0.264 e. The number of aliphatic hydroxyl groups is 1. The van der Waals surface area contributed by atoms with Gasteiger partial charge in [0.15, 0.2) is 11.4 Å². The minimum atomic E-state index is -1.91. The van der Waals surface area contributed by atoms with Gasteiger partial charge < -0.3 is 10.0 Å². The topological polar surface area (TPSA) is 57.6 Å². The van der Waals surface area contributed by atoms with Crippen LogP contribution >= 0.6 is 27.5 Å². The molecule has 3 aromatic carbocycles. The van der Waals surface area contributed by atoms with Gasteiger partial charge in [0.05, 0.1) is 12.1 Å². The zero-order valence-corrected chi connectivity index (χ0v) is 18.4. The first-order valence-electron chi connectivity index (χ1n) is 9.55. The van der Waals surface area contributed by atoms with Gasteiger partial charge in [0, 0.05) is 27.2 Å². The Morgan fingerprint density at radius 2 is 1.73 bits per heavy atom. The number of fused-ring (bicyclic) bond motifs is 1. The van der Waals surface area contributed by atoms with E-state index in [-0.39, 0.29) is 12.2 Å². The highest BCUT2D eigenvalue weighted by atomic mass is 79.9. The lowest BCUT2D eigenvalue weighted by molar-refractivity contribution is -0.135. The Balaban J connectivity index is 1.64. The van der Waals surface area contributed by atoms with Gasteiger partial charge >= 0.3 is 0 Å². The predicted molar refractivity (Wildman–Crippen MR) is 121 cm³/mol. The number of hydrogen-bond acceptors (Lipinski definition) is 3. The molecule has 0 fully saturated rings. The first kappa shape index (κ1) is 20.8. The summed E-state index contributed by atoms with van der Waals surface area (Å²) in [6, 6.07) is 21.6. The third kappa shape index (κ3) is 3.93. The van der Waals surface area contributed by atoms with Crippen molar-refractivity contribution in [3.8, 4) is 0 Å². The standard InChI is InChI=1S/C24H19BrClNO3/c25-18-8-11-21-20(14-18)24(30,15-22(28)17-6-9-19(26)10-7-17)23(29)27(21)13-12-16-4-2-1-3-5-16/h1-11,14,30H,12-13,15H2. The number of nitrogens with zero attached hydrogens (tertiary/aromatic N) is 1. The number of ketones is 1. The molecule has 1 atom stereocenters. The number of benzene rings is 3. The molecule has 1 aliphatic heterocycles. The van der Waals surface area contributed by atoms with E-state index in [9.17, 15) is 14.7 Å². The summed E-state index contributed by atoms with van der Waals surface area (Å²) in [5.74, 6) is -0.799. The number of anilines is 1. The van der Waals surface area contributed by atoms with Crippen LogP contribution < -0.4 is 4.90 Å².